The van der Waals surface area contributed by atoms with Gasteiger partial charge in [0.05, 0.1) is 5.02 Å². The molecule has 2 saturated carbocycles. The van der Waals surface area contributed by atoms with E-state index in [9.17, 15) is 12.8 Å². The molecule has 33 heavy (non-hydrogen) atoms. The predicted molar refractivity (Wildman–Crippen MR) is 125 cm³/mol. The molecule has 2 aliphatic carbocycles. The molecule has 0 spiro atoms. The van der Waals surface area contributed by atoms with Crippen LogP contribution in [0.1, 0.15) is 44.9 Å². The lowest BCUT2D eigenvalue weighted by molar-refractivity contribution is -0.122. The average Bonchev–Trinajstić information content (AvgIpc) is 3.22. The molecule has 0 radical (unpaired) electrons. The van der Waals surface area contributed by atoms with Crippen molar-refractivity contribution in [3.63, 3.8) is 0 Å². The van der Waals surface area contributed by atoms with Gasteiger partial charge in [-0.05, 0) is 45.2 Å². The molecule has 0 saturated heterocycles. The lowest BCUT2D eigenvalue weighted by Gasteiger charge is -2.44. The van der Waals surface area contributed by atoms with Crippen LogP contribution in [-0.4, -0.2) is 55.1 Å². The van der Waals surface area contributed by atoms with Gasteiger partial charge >= 0.3 is 0 Å². The Kier molecular flexibility index (Phi) is 8.91. The van der Waals surface area contributed by atoms with Crippen LogP contribution in [0.2, 0.25) is 5.02 Å². The Bertz CT molecular complexity index is 1030. The number of hydrogen-bond donors (Lipinski definition) is 2. The highest BCUT2D eigenvalue weighted by Gasteiger charge is 2.36. The molecule has 0 bridgehead atoms. The SMILES string of the molecule is CN(C1CCC1)[C@H]1CCCC[C@@H]1Oc1cc(F)c(S(=O)(=O)Nc2nccs2)cc1Cl.O=CO. The van der Waals surface area contributed by atoms with Crippen LogP contribution in [0.15, 0.2) is 28.6 Å². The number of rotatable bonds is 7. The molecule has 182 valence electrons. The van der Waals surface area contributed by atoms with E-state index in [0.717, 1.165) is 49.2 Å². The molecule has 0 unspecified atom stereocenters. The molecule has 2 aromatic rings. The summed E-state index contributed by atoms with van der Waals surface area (Å²) in [5.41, 5.74) is 0. The molecule has 0 aliphatic heterocycles. The molecule has 1 aromatic carbocycles. The Labute approximate surface area is 201 Å². The molecule has 2 N–H and O–H groups in total. The maximum Gasteiger partial charge on any atom is 0.290 e. The minimum absolute atomic E-state index is 0.0755. The molecule has 4 rings (SSSR count). The predicted octanol–water partition coefficient (Wildman–Crippen LogP) is 4.61. The third-order valence-corrected chi connectivity index (χ3v) is 8.52. The van der Waals surface area contributed by atoms with Crippen molar-refractivity contribution in [2.45, 2.75) is 68.0 Å². The Morgan fingerprint density at radius 2 is 1.97 bits per heavy atom. The second-order valence-corrected chi connectivity index (χ2v) is 11.0. The summed E-state index contributed by atoms with van der Waals surface area (Å²) in [4.78, 5) is 14.1. The van der Waals surface area contributed by atoms with Gasteiger partial charge in [0.25, 0.3) is 16.5 Å². The van der Waals surface area contributed by atoms with E-state index < -0.39 is 20.7 Å². The van der Waals surface area contributed by atoms with Crippen molar-refractivity contribution in [3.8, 4) is 5.75 Å². The van der Waals surface area contributed by atoms with Crippen LogP contribution in [0.4, 0.5) is 9.52 Å². The lowest BCUT2D eigenvalue weighted by Crippen LogP contribution is -2.52. The average molecular weight is 520 g/mol. The maximum absolute atomic E-state index is 14.8. The fourth-order valence-electron chi connectivity index (χ4n) is 4.16. The van der Waals surface area contributed by atoms with Crippen molar-refractivity contribution in [3.05, 3.63) is 34.5 Å². The van der Waals surface area contributed by atoms with Crippen molar-refractivity contribution < 1.29 is 27.4 Å². The zero-order valence-corrected chi connectivity index (χ0v) is 20.5. The summed E-state index contributed by atoms with van der Waals surface area (Å²) in [6.45, 7) is -0.250. The minimum atomic E-state index is -4.14. The van der Waals surface area contributed by atoms with Crippen molar-refractivity contribution in [1.29, 1.82) is 0 Å². The van der Waals surface area contributed by atoms with Crippen molar-refractivity contribution in [1.82, 2.24) is 9.88 Å². The standard InChI is InChI=1S/C20H25ClFN3O3S2.CH2O2/c1-25(13-5-4-6-13)16-7-2-3-8-17(16)28-18-12-15(22)19(11-14(18)21)30(26,27)24-20-23-9-10-29-20;2-1-3/h9-13,16-17H,2-8H2,1H3,(H,23,24);1H,(H,2,3)/t16-,17-;/m0./s1. The van der Waals surface area contributed by atoms with Gasteiger partial charge in [0.1, 0.15) is 22.6 Å². The van der Waals surface area contributed by atoms with Gasteiger partial charge in [-0.25, -0.2) is 17.8 Å². The summed E-state index contributed by atoms with van der Waals surface area (Å²) in [5.74, 6) is -0.723. The zero-order valence-electron chi connectivity index (χ0n) is 18.1. The molecular formula is C21H27ClFN3O5S2. The third kappa shape index (κ3) is 6.34. The van der Waals surface area contributed by atoms with Crippen LogP contribution in [-0.2, 0) is 14.8 Å². The number of carbonyl (C=O) groups is 1. The van der Waals surface area contributed by atoms with Gasteiger partial charge in [-0.15, -0.1) is 11.3 Å². The summed E-state index contributed by atoms with van der Waals surface area (Å²) in [6.07, 6.45) is 9.11. The van der Waals surface area contributed by atoms with Gasteiger partial charge in [0.15, 0.2) is 5.13 Å². The van der Waals surface area contributed by atoms with Crippen LogP contribution in [0, 0.1) is 5.82 Å². The number of thiazole rings is 1. The first-order chi connectivity index (χ1) is 15.8. The number of halogens is 2. The van der Waals surface area contributed by atoms with Crippen LogP contribution in [0.5, 0.6) is 5.75 Å². The molecular weight excluding hydrogens is 493 g/mol. The first kappa shape index (κ1) is 25.7. The molecule has 2 aliphatic rings. The number of ether oxygens (including phenoxy) is 1. The zero-order chi connectivity index (χ0) is 24.0. The van der Waals surface area contributed by atoms with E-state index in [4.69, 9.17) is 26.2 Å². The van der Waals surface area contributed by atoms with Gasteiger partial charge in [0.2, 0.25) is 0 Å². The number of aromatic nitrogens is 1. The quantitative estimate of drug-likeness (QED) is 0.514. The molecule has 0 amide bonds. The number of nitrogens with zero attached hydrogens (tertiary/aromatic N) is 2. The molecule has 2 atom stereocenters. The van der Waals surface area contributed by atoms with E-state index in [-0.39, 0.29) is 34.5 Å². The fraction of sp³-hybridized carbons (Fsp3) is 0.524. The van der Waals surface area contributed by atoms with E-state index in [0.29, 0.717) is 6.04 Å². The van der Waals surface area contributed by atoms with E-state index in [2.05, 4.69) is 21.7 Å². The number of anilines is 1. The fourth-order valence-corrected chi connectivity index (χ4v) is 6.31. The normalized spacial score (nSPS) is 21.0. The Hall–Kier alpha value is -1.95. The summed E-state index contributed by atoms with van der Waals surface area (Å²) in [6, 6.07) is 3.01. The van der Waals surface area contributed by atoms with Gasteiger partial charge in [-0.2, -0.15) is 0 Å². The number of likely N-dealkylation sites (N-methyl/N-ethyl adjacent to an activating group) is 1. The Morgan fingerprint density at radius 3 is 2.58 bits per heavy atom. The molecule has 8 nitrogen and oxygen atoms in total. The molecule has 2 fully saturated rings. The number of hydrogen-bond acceptors (Lipinski definition) is 7. The van der Waals surface area contributed by atoms with E-state index in [1.54, 1.807) is 5.38 Å². The van der Waals surface area contributed by atoms with Gasteiger partial charge < -0.3 is 9.84 Å². The second-order valence-electron chi connectivity index (χ2n) is 8.02. The van der Waals surface area contributed by atoms with Crippen molar-refractivity contribution >= 4 is 44.6 Å². The monoisotopic (exact) mass is 519 g/mol. The van der Waals surface area contributed by atoms with E-state index in [1.807, 2.05) is 0 Å². The second kappa shape index (κ2) is 11.5. The number of sulfonamides is 1. The minimum Gasteiger partial charge on any atom is -0.487 e. The number of carboxylic acid groups (broad SMARTS) is 1. The van der Waals surface area contributed by atoms with Crippen LogP contribution >= 0.6 is 22.9 Å². The molecule has 12 heteroatoms. The van der Waals surface area contributed by atoms with Crippen molar-refractivity contribution in [2.75, 3.05) is 11.8 Å². The first-order valence-corrected chi connectivity index (χ1v) is 13.4. The Morgan fingerprint density at radius 1 is 1.27 bits per heavy atom. The smallest absolute Gasteiger partial charge is 0.290 e. The first-order valence-electron chi connectivity index (χ1n) is 10.6. The molecule has 1 aromatic heterocycles. The van der Waals surface area contributed by atoms with E-state index >= 15 is 0 Å². The highest BCUT2D eigenvalue weighted by molar-refractivity contribution is 7.93. The van der Waals surface area contributed by atoms with Gasteiger partial charge in [0, 0.05) is 29.7 Å². The lowest BCUT2D eigenvalue weighted by atomic mass is 9.85. The highest BCUT2D eigenvalue weighted by Crippen LogP contribution is 2.36. The number of benzene rings is 1. The van der Waals surface area contributed by atoms with Crippen molar-refractivity contribution in [2.24, 2.45) is 0 Å². The summed E-state index contributed by atoms with van der Waals surface area (Å²) in [7, 11) is -2.01. The van der Waals surface area contributed by atoms with Gasteiger partial charge in [-0.1, -0.05) is 24.4 Å². The topological polar surface area (TPSA) is 109 Å². The van der Waals surface area contributed by atoms with Gasteiger partial charge in [-0.3, -0.25) is 14.4 Å². The third-order valence-electron chi connectivity index (χ3n) is 6.05. The Balaban J connectivity index is 0.000000968. The van der Waals surface area contributed by atoms with Crippen LogP contribution < -0.4 is 9.46 Å². The van der Waals surface area contributed by atoms with Crippen LogP contribution in [0.3, 0.4) is 0 Å². The molecule has 1 heterocycles. The largest absolute Gasteiger partial charge is 0.487 e. The highest BCUT2D eigenvalue weighted by atomic mass is 35.5. The summed E-state index contributed by atoms with van der Waals surface area (Å²) in [5, 5.41) is 8.75. The number of nitrogens with one attached hydrogen (secondary N) is 1. The summed E-state index contributed by atoms with van der Waals surface area (Å²) < 4.78 is 48.3. The summed E-state index contributed by atoms with van der Waals surface area (Å²) >= 11 is 7.43. The van der Waals surface area contributed by atoms with E-state index in [1.165, 1.54) is 25.5 Å². The maximum atomic E-state index is 14.8. The van der Waals surface area contributed by atoms with Crippen LogP contribution in [0.25, 0.3) is 0 Å².